The van der Waals surface area contributed by atoms with Crippen molar-refractivity contribution in [2.24, 2.45) is 4.99 Å². The Morgan fingerprint density at radius 1 is 1.43 bits per heavy atom. The van der Waals surface area contributed by atoms with Crippen LogP contribution < -0.4 is 10.2 Å². The van der Waals surface area contributed by atoms with Gasteiger partial charge in [0.25, 0.3) is 0 Å². The van der Waals surface area contributed by atoms with Gasteiger partial charge >= 0.3 is 0 Å². The molecule has 0 unspecified atom stereocenters. The highest BCUT2D eigenvalue weighted by atomic mass is 127. The van der Waals surface area contributed by atoms with Crippen LogP contribution in [-0.4, -0.2) is 29.7 Å². The summed E-state index contributed by atoms with van der Waals surface area (Å²) in [6, 6.07) is 8.39. The molecule has 1 aromatic carbocycles. The van der Waals surface area contributed by atoms with Crippen LogP contribution in [0.15, 0.2) is 33.8 Å². The van der Waals surface area contributed by atoms with Crippen molar-refractivity contribution in [1.82, 2.24) is 15.5 Å². The van der Waals surface area contributed by atoms with Gasteiger partial charge in [-0.25, -0.2) is 0 Å². The smallest absolute Gasteiger partial charge is 0.246 e. The Morgan fingerprint density at radius 2 is 2.24 bits per heavy atom. The normalized spacial score (nSPS) is 13.8. The largest absolute Gasteiger partial charge is 0.347 e. The number of anilines is 1. The number of rotatable bonds is 2. The lowest BCUT2D eigenvalue weighted by molar-refractivity contribution is 0.371. The third-order valence-corrected chi connectivity index (χ3v) is 3.32. The fraction of sp³-hybridized carbons (Fsp3) is 0.357. The Labute approximate surface area is 140 Å². The molecule has 2 aromatic rings. The van der Waals surface area contributed by atoms with Crippen LogP contribution in [0.2, 0.25) is 0 Å². The van der Waals surface area contributed by atoms with Gasteiger partial charge in [0, 0.05) is 19.3 Å². The molecule has 3 rings (SSSR count). The van der Waals surface area contributed by atoms with Crippen molar-refractivity contribution in [1.29, 1.82) is 0 Å². The lowest BCUT2D eigenvalue weighted by atomic mass is 10.2. The molecule has 0 radical (unpaired) electrons. The van der Waals surface area contributed by atoms with E-state index in [-0.39, 0.29) is 24.0 Å². The average Bonchev–Trinajstić information content (AvgIpc) is 3.07. The third kappa shape index (κ3) is 3.34. The van der Waals surface area contributed by atoms with E-state index in [2.05, 4.69) is 43.5 Å². The second kappa shape index (κ2) is 6.88. The van der Waals surface area contributed by atoms with E-state index in [4.69, 9.17) is 4.52 Å². The minimum absolute atomic E-state index is 0. The quantitative estimate of drug-likeness (QED) is 0.476. The number of hydrogen-bond donors (Lipinski definition) is 1. The highest BCUT2D eigenvalue weighted by molar-refractivity contribution is 14.0. The number of benzene rings is 1. The number of halogens is 1. The molecular weight excluding hydrogens is 381 g/mol. The maximum absolute atomic E-state index is 5.09. The van der Waals surface area contributed by atoms with Crippen LogP contribution in [0.1, 0.15) is 17.3 Å². The van der Waals surface area contributed by atoms with Crippen molar-refractivity contribution >= 4 is 35.6 Å². The van der Waals surface area contributed by atoms with Crippen molar-refractivity contribution in [3.05, 3.63) is 41.5 Å². The predicted molar refractivity (Wildman–Crippen MR) is 92.1 cm³/mol. The zero-order valence-corrected chi connectivity index (χ0v) is 14.4. The highest BCUT2D eigenvalue weighted by Gasteiger charge is 2.22. The summed E-state index contributed by atoms with van der Waals surface area (Å²) in [6.07, 6.45) is 1.04. The van der Waals surface area contributed by atoms with Gasteiger partial charge in [-0.3, -0.25) is 4.99 Å². The first-order valence-corrected chi connectivity index (χ1v) is 6.63. The number of nitrogens with zero attached hydrogens (tertiary/aromatic N) is 4. The number of nitrogens with one attached hydrogen (secondary N) is 1. The molecule has 0 bridgehead atoms. The molecule has 1 aliphatic rings. The summed E-state index contributed by atoms with van der Waals surface area (Å²) in [5.74, 6) is 2.03. The van der Waals surface area contributed by atoms with Crippen molar-refractivity contribution in [2.45, 2.75) is 19.9 Å². The van der Waals surface area contributed by atoms with Crippen LogP contribution in [0, 0.1) is 6.92 Å². The summed E-state index contributed by atoms with van der Waals surface area (Å²) < 4.78 is 5.09. The van der Waals surface area contributed by atoms with Crippen LogP contribution in [0.3, 0.4) is 0 Å². The summed E-state index contributed by atoms with van der Waals surface area (Å²) >= 11 is 0. The number of para-hydroxylation sites is 1. The Bertz CT molecular complexity index is 640. The Kier molecular flexibility index (Phi) is 5.16. The van der Waals surface area contributed by atoms with E-state index in [9.17, 15) is 0 Å². The first kappa shape index (κ1) is 15.7. The van der Waals surface area contributed by atoms with Crippen LogP contribution >= 0.6 is 24.0 Å². The van der Waals surface area contributed by atoms with E-state index >= 15 is 0 Å². The summed E-state index contributed by atoms with van der Waals surface area (Å²) in [5, 5.41) is 7.04. The molecule has 1 aliphatic heterocycles. The Hall–Kier alpha value is -1.64. The molecule has 1 N–H and O–H groups in total. The Balaban J connectivity index is 0.00000161. The second-order valence-electron chi connectivity index (χ2n) is 4.67. The SMILES string of the molecule is CN=C(NCc1nc(C)no1)N1CCc2ccccc21.I. The molecule has 1 aromatic heterocycles. The third-order valence-electron chi connectivity index (χ3n) is 3.32. The molecule has 0 saturated carbocycles. The monoisotopic (exact) mass is 399 g/mol. The van der Waals surface area contributed by atoms with Crippen LogP contribution in [0.4, 0.5) is 5.69 Å². The molecule has 0 spiro atoms. The standard InChI is InChI=1S/C14H17N5O.HI/c1-10-17-13(20-18-10)9-16-14(15-2)19-8-7-11-5-3-4-6-12(11)19;/h3-6H,7-9H2,1-2H3,(H,15,16);1H. The molecule has 112 valence electrons. The lowest BCUT2D eigenvalue weighted by Crippen LogP contribution is -2.40. The fourth-order valence-corrected chi connectivity index (χ4v) is 2.42. The van der Waals surface area contributed by atoms with Gasteiger partial charge in [0.15, 0.2) is 11.8 Å². The van der Waals surface area contributed by atoms with Crippen LogP contribution in [0.25, 0.3) is 0 Å². The van der Waals surface area contributed by atoms with Gasteiger partial charge in [0.2, 0.25) is 5.89 Å². The zero-order chi connectivity index (χ0) is 13.9. The summed E-state index contributed by atoms with van der Waals surface area (Å²) in [7, 11) is 1.78. The summed E-state index contributed by atoms with van der Waals surface area (Å²) in [4.78, 5) is 10.7. The summed E-state index contributed by atoms with van der Waals surface area (Å²) in [5.41, 5.74) is 2.56. The number of fused-ring (bicyclic) bond motifs is 1. The topological polar surface area (TPSA) is 66.5 Å². The van der Waals surface area contributed by atoms with Gasteiger partial charge < -0.3 is 14.7 Å². The van der Waals surface area contributed by atoms with E-state index in [1.54, 1.807) is 14.0 Å². The molecular formula is C14H18IN5O. The average molecular weight is 399 g/mol. The van der Waals surface area contributed by atoms with Gasteiger partial charge in [0.05, 0.1) is 6.54 Å². The van der Waals surface area contributed by atoms with Crippen LogP contribution in [0.5, 0.6) is 0 Å². The maximum Gasteiger partial charge on any atom is 0.246 e. The van der Waals surface area contributed by atoms with Gasteiger partial charge in [-0.15, -0.1) is 24.0 Å². The van der Waals surface area contributed by atoms with E-state index in [0.29, 0.717) is 18.3 Å². The molecule has 0 aliphatic carbocycles. The molecule has 2 heterocycles. The molecule has 0 amide bonds. The predicted octanol–water partition coefficient (Wildman–Crippen LogP) is 2.13. The van der Waals surface area contributed by atoms with E-state index in [1.165, 1.54) is 11.3 Å². The first-order valence-electron chi connectivity index (χ1n) is 6.63. The van der Waals surface area contributed by atoms with Crippen molar-refractivity contribution in [3.63, 3.8) is 0 Å². The minimum atomic E-state index is 0. The molecule has 0 atom stereocenters. The number of guanidine groups is 1. The molecule has 21 heavy (non-hydrogen) atoms. The van der Waals surface area contributed by atoms with Gasteiger partial charge in [-0.2, -0.15) is 4.98 Å². The van der Waals surface area contributed by atoms with Gasteiger partial charge in [-0.05, 0) is 25.0 Å². The van der Waals surface area contributed by atoms with E-state index in [0.717, 1.165) is 18.9 Å². The molecule has 0 fully saturated rings. The number of aromatic nitrogens is 2. The van der Waals surface area contributed by atoms with E-state index in [1.807, 2.05) is 6.07 Å². The number of aliphatic imine (C=N–C) groups is 1. The highest BCUT2D eigenvalue weighted by Crippen LogP contribution is 2.27. The van der Waals surface area contributed by atoms with Gasteiger partial charge in [0.1, 0.15) is 0 Å². The van der Waals surface area contributed by atoms with Gasteiger partial charge in [-0.1, -0.05) is 23.4 Å². The molecule has 0 saturated heterocycles. The summed E-state index contributed by atoms with van der Waals surface area (Å²) in [6.45, 7) is 3.21. The first-order chi connectivity index (χ1) is 9.78. The fourth-order valence-electron chi connectivity index (χ4n) is 2.42. The van der Waals surface area contributed by atoms with Crippen molar-refractivity contribution in [3.8, 4) is 0 Å². The number of aryl methyl sites for hydroxylation is 1. The Morgan fingerprint density at radius 3 is 2.95 bits per heavy atom. The molecule has 6 nitrogen and oxygen atoms in total. The lowest BCUT2D eigenvalue weighted by Gasteiger charge is -2.21. The second-order valence-corrected chi connectivity index (χ2v) is 4.67. The zero-order valence-electron chi connectivity index (χ0n) is 12.0. The number of hydrogen-bond acceptors (Lipinski definition) is 4. The van der Waals surface area contributed by atoms with Crippen molar-refractivity contribution in [2.75, 3.05) is 18.5 Å². The molecule has 7 heteroatoms. The van der Waals surface area contributed by atoms with Crippen LogP contribution in [-0.2, 0) is 13.0 Å². The minimum Gasteiger partial charge on any atom is -0.347 e. The maximum atomic E-state index is 5.09. The van der Waals surface area contributed by atoms with E-state index < -0.39 is 0 Å². The van der Waals surface area contributed by atoms with Crippen molar-refractivity contribution < 1.29 is 4.52 Å².